The molecular formula is C16H17N3O2. The number of hydrogen-bond acceptors (Lipinski definition) is 4. The van der Waals surface area contributed by atoms with Gasteiger partial charge in [0.2, 0.25) is 5.91 Å². The minimum atomic E-state index is -0.460. The lowest BCUT2D eigenvalue weighted by Crippen LogP contribution is -2.38. The smallest absolute Gasteiger partial charge is 0.250 e. The van der Waals surface area contributed by atoms with Gasteiger partial charge in [0.25, 0.3) is 0 Å². The Hall–Kier alpha value is -2.40. The van der Waals surface area contributed by atoms with Gasteiger partial charge in [-0.25, -0.2) is 4.98 Å². The Morgan fingerprint density at radius 1 is 1.24 bits per heavy atom. The van der Waals surface area contributed by atoms with E-state index < -0.39 is 5.91 Å². The largest absolute Gasteiger partial charge is 0.370 e. The maximum Gasteiger partial charge on any atom is 0.250 e. The molecular weight excluding hydrogens is 266 g/mol. The van der Waals surface area contributed by atoms with Gasteiger partial charge < -0.3 is 15.4 Å². The van der Waals surface area contributed by atoms with Crippen LogP contribution in [0.1, 0.15) is 22.0 Å². The van der Waals surface area contributed by atoms with Crippen LogP contribution in [0.2, 0.25) is 0 Å². The molecule has 2 heterocycles. The molecule has 1 aliphatic rings. The maximum atomic E-state index is 11.1. The monoisotopic (exact) mass is 283 g/mol. The number of primary amides is 1. The molecule has 21 heavy (non-hydrogen) atoms. The predicted molar refractivity (Wildman–Crippen MR) is 80.1 cm³/mol. The van der Waals surface area contributed by atoms with Gasteiger partial charge in [-0.05, 0) is 17.7 Å². The van der Waals surface area contributed by atoms with E-state index in [1.807, 2.05) is 24.3 Å². The Balaban J connectivity index is 1.75. The van der Waals surface area contributed by atoms with Crippen LogP contribution in [0.15, 0.2) is 48.7 Å². The van der Waals surface area contributed by atoms with Gasteiger partial charge in [-0.3, -0.25) is 4.79 Å². The van der Waals surface area contributed by atoms with Crippen LogP contribution in [0.25, 0.3) is 0 Å². The Morgan fingerprint density at radius 2 is 2.05 bits per heavy atom. The molecule has 5 heteroatoms. The third kappa shape index (κ3) is 3.03. The number of anilines is 1. The Kier molecular flexibility index (Phi) is 3.83. The number of carbonyl (C=O) groups excluding carboxylic acids is 1. The van der Waals surface area contributed by atoms with Gasteiger partial charge in [-0.15, -0.1) is 0 Å². The van der Waals surface area contributed by atoms with E-state index >= 15 is 0 Å². The summed E-state index contributed by atoms with van der Waals surface area (Å²) in [6.07, 6.45) is 1.56. The lowest BCUT2D eigenvalue weighted by atomic mass is 10.1. The van der Waals surface area contributed by atoms with Crippen LogP contribution in [-0.4, -0.2) is 30.6 Å². The van der Waals surface area contributed by atoms with Crippen molar-refractivity contribution in [3.05, 3.63) is 59.8 Å². The first-order chi connectivity index (χ1) is 10.2. The first-order valence-corrected chi connectivity index (χ1v) is 6.91. The van der Waals surface area contributed by atoms with E-state index in [0.29, 0.717) is 12.2 Å². The molecule has 1 aliphatic heterocycles. The van der Waals surface area contributed by atoms with Gasteiger partial charge in [0.1, 0.15) is 11.9 Å². The molecule has 0 spiro atoms. The fourth-order valence-corrected chi connectivity index (χ4v) is 2.45. The first-order valence-electron chi connectivity index (χ1n) is 6.91. The molecule has 1 atom stereocenters. The minimum absolute atomic E-state index is 0.0394. The van der Waals surface area contributed by atoms with Crippen LogP contribution in [0, 0.1) is 0 Å². The van der Waals surface area contributed by atoms with E-state index in [4.69, 9.17) is 10.5 Å². The number of hydrogen-bond donors (Lipinski definition) is 1. The van der Waals surface area contributed by atoms with Gasteiger partial charge in [0.05, 0.1) is 12.2 Å². The highest BCUT2D eigenvalue weighted by Crippen LogP contribution is 2.24. The number of nitrogens with two attached hydrogens (primary N) is 1. The van der Waals surface area contributed by atoms with E-state index in [0.717, 1.165) is 24.5 Å². The van der Waals surface area contributed by atoms with Crippen molar-refractivity contribution in [3.63, 3.8) is 0 Å². The van der Waals surface area contributed by atoms with Crippen molar-refractivity contribution >= 4 is 11.7 Å². The molecule has 0 saturated carbocycles. The second-order valence-electron chi connectivity index (χ2n) is 4.99. The quantitative estimate of drug-likeness (QED) is 0.932. The average Bonchev–Trinajstić information content (AvgIpc) is 2.56. The number of aromatic nitrogens is 1. The van der Waals surface area contributed by atoms with Gasteiger partial charge in [-0.2, -0.15) is 0 Å². The third-order valence-corrected chi connectivity index (χ3v) is 3.59. The van der Waals surface area contributed by atoms with Crippen LogP contribution in [0.5, 0.6) is 0 Å². The summed E-state index contributed by atoms with van der Waals surface area (Å²) in [5.74, 6) is 0.377. The van der Waals surface area contributed by atoms with Crippen molar-refractivity contribution in [1.82, 2.24) is 4.98 Å². The molecule has 5 nitrogen and oxygen atoms in total. The third-order valence-electron chi connectivity index (χ3n) is 3.59. The Labute approximate surface area is 123 Å². The highest BCUT2D eigenvalue weighted by molar-refractivity contribution is 5.92. The molecule has 3 rings (SSSR count). The van der Waals surface area contributed by atoms with Crippen LogP contribution in [0.3, 0.4) is 0 Å². The summed E-state index contributed by atoms with van der Waals surface area (Å²) < 4.78 is 5.83. The lowest BCUT2D eigenvalue weighted by molar-refractivity contribution is 0.0395. The topological polar surface area (TPSA) is 68.5 Å². The zero-order valence-corrected chi connectivity index (χ0v) is 11.6. The summed E-state index contributed by atoms with van der Waals surface area (Å²) in [6, 6.07) is 13.7. The zero-order chi connectivity index (χ0) is 14.7. The van der Waals surface area contributed by atoms with Crippen LogP contribution in [-0.2, 0) is 4.74 Å². The number of nitrogens with zero attached hydrogens (tertiary/aromatic N) is 2. The number of ether oxygens (including phenoxy) is 1. The van der Waals surface area contributed by atoms with Crippen LogP contribution in [0.4, 0.5) is 5.82 Å². The number of morpholine rings is 1. The molecule has 2 aromatic rings. The summed E-state index contributed by atoms with van der Waals surface area (Å²) >= 11 is 0. The van der Waals surface area contributed by atoms with Gasteiger partial charge in [-0.1, -0.05) is 30.3 Å². The second kappa shape index (κ2) is 5.93. The number of carbonyl (C=O) groups is 1. The Morgan fingerprint density at radius 3 is 2.71 bits per heavy atom. The zero-order valence-electron chi connectivity index (χ0n) is 11.6. The van der Waals surface area contributed by atoms with Crippen molar-refractivity contribution in [2.45, 2.75) is 6.10 Å². The predicted octanol–water partition coefficient (Wildman–Crippen LogP) is 1.76. The standard InChI is InChI=1S/C16H17N3O2/c17-16(20)13-6-7-15(18-10-13)19-8-9-21-14(11-19)12-4-2-1-3-5-12/h1-7,10,14H,8-9,11H2,(H2,17,20)/t14-/m0/s1. The summed E-state index contributed by atoms with van der Waals surface area (Å²) in [7, 11) is 0. The molecule has 1 amide bonds. The molecule has 1 saturated heterocycles. The fourth-order valence-electron chi connectivity index (χ4n) is 2.45. The normalized spacial score (nSPS) is 18.5. The molecule has 0 unspecified atom stereocenters. The van der Waals surface area contributed by atoms with Crippen LogP contribution < -0.4 is 10.6 Å². The number of pyridine rings is 1. The molecule has 1 fully saturated rings. The van der Waals surface area contributed by atoms with E-state index in [1.165, 1.54) is 6.20 Å². The van der Waals surface area contributed by atoms with E-state index in [-0.39, 0.29) is 6.10 Å². The maximum absolute atomic E-state index is 11.1. The summed E-state index contributed by atoms with van der Waals surface area (Å²) in [4.78, 5) is 17.6. The van der Waals surface area contributed by atoms with E-state index in [1.54, 1.807) is 6.07 Å². The fraction of sp³-hybridized carbons (Fsp3) is 0.250. The highest BCUT2D eigenvalue weighted by Gasteiger charge is 2.22. The van der Waals surface area contributed by atoms with Crippen molar-refractivity contribution in [2.75, 3.05) is 24.6 Å². The van der Waals surface area contributed by atoms with Crippen molar-refractivity contribution in [3.8, 4) is 0 Å². The van der Waals surface area contributed by atoms with Crippen molar-refractivity contribution in [2.24, 2.45) is 5.73 Å². The first kappa shape index (κ1) is 13.6. The minimum Gasteiger partial charge on any atom is -0.370 e. The molecule has 2 N–H and O–H groups in total. The van der Waals surface area contributed by atoms with Crippen molar-refractivity contribution in [1.29, 1.82) is 0 Å². The summed E-state index contributed by atoms with van der Waals surface area (Å²) in [5.41, 5.74) is 6.81. The number of rotatable bonds is 3. The average molecular weight is 283 g/mol. The molecule has 0 radical (unpaired) electrons. The second-order valence-corrected chi connectivity index (χ2v) is 4.99. The molecule has 1 aromatic carbocycles. The van der Waals surface area contributed by atoms with Crippen LogP contribution >= 0.6 is 0 Å². The SMILES string of the molecule is NC(=O)c1ccc(N2CCO[C@H](c3ccccc3)C2)nc1. The van der Waals surface area contributed by atoms with E-state index in [9.17, 15) is 4.79 Å². The number of benzene rings is 1. The molecule has 1 aromatic heterocycles. The van der Waals surface area contributed by atoms with Gasteiger partial charge in [0.15, 0.2) is 0 Å². The Bertz CT molecular complexity index is 613. The molecule has 0 aliphatic carbocycles. The van der Waals surface area contributed by atoms with Gasteiger partial charge >= 0.3 is 0 Å². The van der Waals surface area contributed by atoms with E-state index in [2.05, 4.69) is 22.0 Å². The molecule has 0 bridgehead atoms. The molecule has 108 valence electrons. The number of amides is 1. The van der Waals surface area contributed by atoms with Gasteiger partial charge in [0, 0.05) is 19.3 Å². The lowest BCUT2D eigenvalue weighted by Gasteiger charge is -2.34. The summed E-state index contributed by atoms with van der Waals surface area (Å²) in [6.45, 7) is 2.18. The summed E-state index contributed by atoms with van der Waals surface area (Å²) in [5, 5.41) is 0. The highest BCUT2D eigenvalue weighted by atomic mass is 16.5. The van der Waals surface area contributed by atoms with Crippen molar-refractivity contribution < 1.29 is 9.53 Å².